The molecule has 2 fully saturated rings. The van der Waals surface area contributed by atoms with E-state index in [1.165, 1.54) is 17.7 Å². The summed E-state index contributed by atoms with van der Waals surface area (Å²) >= 11 is 0. The highest BCUT2D eigenvalue weighted by Gasteiger charge is 2.37. The van der Waals surface area contributed by atoms with Gasteiger partial charge in [-0.15, -0.1) is 0 Å². The first kappa shape index (κ1) is 12.5. The smallest absolute Gasteiger partial charge is 0.306 e. The van der Waals surface area contributed by atoms with Gasteiger partial charge in [0, 0.05) is 18.8 Å². The molecular weight excluding hydrogens is 238 g/mol. The highest BCUT2D eigenvalue weighted by Crippen LogP contribution is 2.39. The van der Waals surface area contributed by atoms with E-state index in [4.69, 9.17) is 0 Å². The molecule has 3 nitrogen and oxygen atoms in total. The van der Waals surface area contributed by atoms with Gasteiger partial charge in [0.05, 0.1) is 5.92 Å². The molecule has 2 bridgehead atoms. The second-order valence-corrected chi connectivity index (χ2v) is 6.21. The number of carbonyl (C=O) groups is 1. The van der Waals surface area contributed by atoms with Crippen LogP contribution in [0.3, 0.4) is 0 Å². The number of rotatable bonds is 2. The van der Waals surface area contributed by atoms with Crippen LogP contribution in [-0.4, -0.2) is 24.2 Å². The van der Waals surface area contributed by atoms with Crippen LogP contribution >= 0.6 is 0 Å². The van der Waals surface area contributed by atoms with Crippen molar-refractivity contribution >= 4 is 11.7 Å². The number of nitrogens with zero attached hydrogens (tertiary/aromatic N) is 1. The topological polar surface area (TPSA) is 40.5 Å². The molecular formula is C16H21NO2. The maximum Gasteiger partial charge on any atom is 0.306 e. The van der Waals surface area contributed by atoms with Crippen LogP contribution in [0.25, 0.3) is 0 Å². The van der Waals surface area contributed by atoms with Gasteiger partial charge in [-0.05, 0) is 50.2 Å². The molecule has 102 valence electrons. The van der Waals surface area contributed by atoms with Gasteiger partial charge in [-0.3, -0.25) is 4.79 Å². The van der Waals surface area contributed by atoms with Crippen LogP contribution in [0.4, 0.5) is 5.69 Å². The fraction of sp³-hybridized carbons (Fsp3) is 0.562. The average Bonchev–Trinajstić information content (AvgIpc) is 2.38. The maximum atomic E-state index is 11.2. The zero-order valence-electron chi connectivity index (χ0n) is 11.4. The average molecular weight is 259 g/mol. The Hall–Kier alpha value is -1.51. The van der Waals surface area contributed by atoms with Crippen molar-refractivity contribution in [2.24, 2.45) is 17.8 Å². The summed E-state index contributed by atoms with van der Waals surface area (Å²) in [5.74, 6) is 0.396. The summed E-state index contributed by atoms with van der Waals surface area (Å²) in [5, 5.41) is 9.19. The van der Waals surface area contributed by atoms with Gasteiger partial charge in [0.25, 0.3) is 0 Å². The highest BCUT2D eigenvalue weighted by atomic mass is 16.4. The highest BCUT2D eigenvalue weighted by molar-refractivity contribution is 5.70. The lowest BCUT2D eigenvalue weighted by atomic mass is 9.72. The Bertz CT molecular complexity index is 454. The number of aryl methyl sites for hydroxylation is 1. The minimum absolute atomic E-state index is 0.107. The van der Waals surface area contributed by atoms with E-state index in [0.29, 0.717) is 11.8 Å². The van der Waals surface area contributed by atoms with E-state index in [-0.39, 0.29) is 5.92 Å². The van der Waals surface area contributed by atoms with Crippen molar-refractivity contribution in [1.82, 2.24) is 0 Å². The number of piperidine rings is 1. The lowest BCUT2D eigenvalue weighted by Crippen LogP contribution is -2.45. The Balaban J connectivity index is 1.72. The summed E-state index contributed by atoms with van der Waals surface area (Å²) in [7, 11) is 0. The van der Waals surface area contributed by atoms with Crippen LogP contribution in [0.2, 0.25) is 0 Å². The third-order valence-electron chi connectivity index (χ3n) is 4.61. The number of hydrogen-bond donors (Lipinski definition) is 1. The zero-order valence-corrected chi connectivity index (χ0v) is 11.4. The first-order valence-corrected chi connectivity index (χ1v) is 7.16. The molecule has 1 N–H and O–H groups in total. The normalized spacial score (nSPS) is 30.2. The number of fused-ring (bicyclic) bond motifs is 2. The van der Waals surface area contributed by atoms with Gasteiger partial charge < -0.3 is 10.0 Å². The molecule has 0 aromatic heterocycles. The summed E-state index contributed by atoms with van der Waals surface area (Å²) < 4.78 is 0. The fourth-order valence-corrected chi connectivity index (χ4v) is 3.73. The van der Waals surface area contributed by atoms with E-state index in [2.05, 4.69) is 36.1 Å². The number of hydrogen-bond acceptors (Lipinski definition) is 2. The summed E-state index contributed by atoms with van der Waals surface area (Å²) in [6.07, 6.45) is 2.93. The van der Waals surface area contributed by atoms with Gasteiger partial charge >= 0.3 is 5.97 Å². The lowest BCUT2D eigenvalue weighted by molar-refractivity contribution is -0.144. The monoisotopic (exact) mass is 259 g/mol. The van der Waals surface area contributed by atoms with Crippen molar-refractivity contribution < 1.29 is 9.90 Å². The summed E-state index contributed by atoms with van der Waals surface area (Å²) in [5.41, 5.74) is 2.57. The molecule has 1 aliphatic carbocycles. The minimum atomic E-state index is -0.599. The molecule has 1 aliphatic heterocycles. The van der Waals surface area contributed by atoms with Gasteiger partial charge in [-0.2, -0.15) is 0 Å². The second kappa shape index (κ2) is 4.87. The van der Waals surface area contributed by atoms with Gasteiger partial charge in [0.15, 0.2) is 0 Å². The van der Waals surface area contributed by atoms with E-state index in [1.54, 1.807) is 0 Å². The zero-order chi connectivity index (χ0) is 13.4. The molecule has 0 spiro atoms. The van der Waals surface area contributed by atoms with Crippen LogP contribution < -0.4 is 4.90 Å². The third-order valence-corrected chi connectivity index (χ3v) is 4.61. The Morgan fingerprint density at radius 3 is 2.21 bits per heavy atom. The molecule has 3 heteroatoms. The number of anilines is 1. The summed E-state index contributed by atoms with van der Waals surface area (Å²) in [4.78, 5) is 13.6. The van der Waals surface area contributed by atoms with Crippen LogP contribution in [-0.2, 0) is 4.79 Å². The standard InChI is InChI=1S/C16H21NO2/c1-11-2-4-15(5-3-11)17-9-12-6-13(10-17)8-14(7-12)16(18)19/h2-5,12-14H,6-10H2,1H3,(H,18,19). The Morgan fingerprint density at radius 2 is 1.68 bits per heavy atom. The SMILES string of the molecule is Cc1ccc(N2CC3CC(CC(C(=O)O)C3)C2)cc1. The van der Waals surface area contributed by atoms with E-state index < -0.39 is 5.97 Å². The number of carboxylic acids is 1. The Kier molecular flexibility index (Phi) is 3.21. The molecule has 0 amide bonds. The van der Waals surface area contributed by atoms with Gasteiger partial charge in [0.2, 0.25) is 0 Å². The first-order chi connectivity index (χ1) is 9.11. The van der Waals surface area contributed by atoms with E-state index in [9.17, 15) is 9.90 Å². The quantitative estimate of drug-likeness (QED) is 0.887. The minimum Gasteiger partial charge on any atom is -0.481 e. The lowest BCUT2D eigenvalue weighted by Gasteiger charge is -2.44. The number of aliphatic carboxylic acids is 1. The molecule has 1 aromatic carbocycles. The summed E-state index contributed by atoms with van der Waals surface area (Å²) in [6, 6.07) is 8.68. The van der Waals surface area contributed by atoms with Gasteiger partial charge in [-0.25, -0.2) is 0 Å². The fourth-order valence-electron chi connectivity index (χ4n) is 3.73. The first-order valence-electron chi connectivity index (χ1n) is 7.16. The molecule has 1 saturated carbocycles. The molecule has 1 heterocycles. The largest absolute Gasteiger partial charge is 0.481 e. The van der Waals surface area contributed by atoms with Crippen LogP contribution in [0, 0.1) is 24.7 Å². The predicted molar refractivity (Wildman–Crippen MR) is 75.3 cm³/mol. The second-order valence-electron chi connectivity index (χ2n) is 6.21. The van der Waals surface area contributed by atoms with Crippen LogP contribution in [0.1, 0.15) is 24.8 Å². The van der Waals surface area contributed by atoms with Crippen molar-refractivity contribution in [3.05, 3.63) is 29.8 Å². The molecule has 2 aliphatic rings. The van der Waals surface area contributed by atoms with Gasteiger partial charge in [0.1, 0.15) is 0 Å². The van der Waals surface area contributed by atoms with E-state index in [0.717, 1.165) is 25.9 Å². The molecule has 0 radical (unpaired) electrons. The van der Waals surface area contributed by atoms with Gasteiger partial charge in [-0.1, -0.05) is 17.7 Å². The van der Waals surface area contributed by atoms with E-state index in [1.807, 2.05) is 0 Å². The van der Waals surface area contributed by atoms with Crippen molar-refractivity contribution in [2.45, 2.75) is 26.2 Å². The van der Waals surface area contributed by atoms with Crippen LogP contribution in [0.5, 0.6) is 0 Å². The molecule has 1 aromatic rings. The van der Waals surface area contributed by atoms with Crippen LogP contribution in [0.15, 0.2) is 24.3 Å². The molecule has 19 heavy (non-hydrogen) atoms. The molecule has 3 rings (SSSR count). The van der Waals surface area contributed by atoms with Crippen molar-refractivity contribution in [3.8, 4) is 0 Å². The number of benzene rings is 1. The van der Waals surface area contributed by atoms with Crippen molar-refractivity contribution in [1.29, 1.82) is 0 Å². The molecule has 1 saturated heterocycles. The van der Waals surface area contributed by atoms with E-state index >= 15 is 0 Å². The maximum absolute atomic E-state index is 11.2. The Labute approximate surface area is 114 Å². The Morgan fingerprint density at radius 1 is 1.11 bits per heavy atom. The van der Waals surface area contributed by atoms with Crippen molar-refractivity contribution in [3.63, 3.8) is 0 Å². The predicted octanol–water partition coefficient (Wildman–Crippen LogP) is 2.93. The summed E-state index contributed by atoms with van der Waals surface area (Å²) in [6.45, 7) is 4.14. The third kappa shape index (κ3) is 2.60. The number of carboxylic acid groups (broad SMARTS) is 1. The molecule has 2 atom stereocenters. The van der Waals surface area contributed by atoms with Crippen molar-refractivity contribution in [2.75, 3.05) is 18.0 Å². The molecule has 2 unspecified atom stereocenters.